The summed E-state index contributed by atoms with van der Waals surface area (Å²) < 4.78 is 5.87. The van der Waals surface area contributed by atoms with E-state index < -0.39 is 0 Å². The van der Waals surface area contributed by atoms with Crippen molar-refractivity contribution in [2.24, 2.45) is 0 Å². The molecule has 2 atom stereocenters. The quantitative estimate of drug-likeness (QED) is 0.620. The third-order valence-corrected chi connectivity index (χ3v) is 7.15. The van der Waals surface area contributed by atoms with Crippen molar-refractivity contribution < 1.29 is 9.53 Å². The Morgan fingerprint density at radius 1 is 1.25 bits per heavy atom. The molecule has 1 fully saturated rings. The summed E-state index contributed by atoms with van der Waals surface area (Å²) in [5, 5.41) is 2.16. The molecule has 2 aromatic rings. The van der Waals surface area contributed by atoms with Gasteiger partial charge in [-0.05, 0) is 56.5 Å². The Balaban J connectivity index is 1.77. The Kier molecular flexibility index (Phi) is 6.61. The molecule has 2 heterocycles. The average Bonchev–Trinajstić information content (AvgIpc) is 3.17. The maximum atomic E-state index is 12.5. The summed E-state index contributed by atoms with van der Waals surface area (Å²) in [6, 6.07) is 15.3. The van der Waals surface area contributed by atoms with E-state index >= 15 is 0 Å². The molecule has 152 valence electrons. The fraction of sp³-hybridized carbons (Fsp3) is 0.542. The molecular formula is C24H33NO2S. The summed E-state index contributed by atoms with van der Waals surface area (Å²) in [4.78, 5) is 16.0. The van der Waals surface area contributed by atoms with Crippen LogP contribution in [0.25, 0.3) is 0 Å². The lowest BCUT2D eigenvalue weighted by atomic mass is 9.78. The van der Waals surface area contributed by atoms with Crippen LogP contribution in [-0.2, 0) is 21.4 Å². The standard InChI is InChI=1S/C24H33NO2S/c1-19(26)25(21-12-15-27-23(2,3)18-21)14-13-24(4,22-11-8-16-28-22)17-20-9-6-5-7-10-20/h5-11,16,21H,12-15,17-18H2,1-4H3/t21-,24+/m0/s1. The molecule has 0 N–H and O–H groups in total. The minimum absolute atomic E-state index is 0.0178. The zero-order valence-electron chi connectivity index (χ0n) is 17.6. The summed E-state index contributed by atoms with van der Waals surface area (Å²) >= 11 is 1.82. The van der Waals surface area contributed by atoms with Crippen LogP contribution in [0.4, 0.5) is 0 Å². The first kappa shape index (κ1) is 21.1. The molecule has 1 amide bonds. The van der Waals surface area contributed by atoms with Gasteiger partial charge in [-0.25, -0.2) is 0 Å². The van der Waals surface area contributed by atoms with Crippen molar-refractivity contribution in [3.05, 3.63) is 58.3 Å². The van der Waals surface area contributed by atoms with E-state index in [4.69, 9.17) is 4.74 Å². The lowest BCUT2D eigenvalue weighted by Crippen LogP contribution is -2.49. The predicted molar refractivity (Wildman–Crippen MR) is 117 cm³/mol. The van der Waals surface area contributed by atoms with Gasteiger partial charge in [-0.3, -0.25) is 4.79 Å². The van der Waals surface area contributed by atoms with E-state index in [0.717, 1.165) is 38.8 Å². The van der Waals surface area contributed by atoms with Crippen molar-refractivity contribution >= 4 is 17.2 Å². The molecule has 4 heteroatoms. The molecule has 1 aliphatic heterocycles. The monoisotopic (exact) mass is 399 g/mol. The first-order valence-electron chi connectivity index (χ1n) is 10.3. The first-order valence-corrected chi connectivity index (χ1v) is 11.2. The highest BCUT2D eigenvalue weighted by molar-refractivity contribution is 7.10. The molecule has 0 radical (unpaired) electrons. The summed E-state index contributed by atoms with van der Waals surface area (Å²) in [6.07, 6.45) is 3.78. The molecule has 3 rings (SSSR count). The van der Waals surface area contributed by atoms with Crippen LogP contribution >= 0.6 is 11.3 Å². The molecule has 28 heavy (non-hydrogen) atoms. The second kappa shape index (κ2) is 8.79. The number of carbonyl (C=O) groups is 1. The smallest absolute Gasteiger partial charge is 0.219 e. The Hall–Kier alpha value is -1.65. The van der Waals surface area contributed by atoms with Crippen molar-refractivity contribution in [1.82, 2.24) is 4.90 Å². The van der Waals surface area contributed by atoms with Crippen LogP contribution < -0.4 is 0 Å². The third kappa shape index (κ3) is 5.24. The van der Waals surface area contributed by atoms with Crippen molar-refractivity contribution in [3.63, 3.8) is 0 Å². The summed E-state index contributed by atoms with van der Waals surface area (Å²) in [6.45, 7) is 9.83. The fourth-order valence-corrected chi connectivity index (χ4v) is 5.32. The zero-order valence-corrected chi connectivity index (χ0v) is 18.4. The zero-order chi connectivity index (χ0) is 20.2. The van der Waals surface area contributed by atoms with Gasteiger partial charge in [0, 0.05) is 36.4 Å². The van der Waals surface area contributed by atoms with Gasteiger partial charge in [0.25, 0.3) is 0 Å². The van der Waals surface area contributed by atoms with Crippen LogP contribution in [-0.4, -0.2) is 35.6 Å². The maximum absolute atomic E-state index is 12.5. The largest absolute Gasteiger partial charge is 0.375 e. The first-order chi connectivity index (χ1) is 13.3. The third-order valence-electron chi connectivity index (χ3n) is 5.97. The predicted octanol–water partition coefficient (Wildman–Crippen LogP) is 5.44. The normalized spacial score (nSPS) is 21.1. The van der Waals surface area contributed by atoms with Crippen LogP contribution in [0, 0.1) is 0 Å². The van der Waals surface area contributed by atoms with E-state index in [1.54, 1.807) is 6.92 Å². The Bertz CT molecular complexity index is 756. The molecule has 0 spiro atoms. The minimum Gasteiger partial charge on any atom is -0.375 e. The van der Waals surface area contributed by atoms with E-state index in [2.05, 4.69) is 73.5 Å². The highest BCUT2D eigenvalue weighted by Crippen LogP contribution is 2.36. The van der Waals surface area contributed by atoms with Gasteiger partial charge in [0.1, 0.15) is 0 Å². The van der Waals surface area contributed by atoms with E-state index in [9.17, 15) is 4.79 Å². The molecule has 1 aromatic heterocycles. The molecule has 3 nitrogen and oxygen atoms in total. The molecule has 0 aliphatic carbocycles. The van der Waals surface area contributed by atoms with Crippen LogP contribution in [0.15, 0.2) is 47.8 Å². The van der Waals surface area contributed by atoms with Crippen LogP contribution in [0.3, 0.4) is 0 Å². The Morgan fingerprint density at radius 3 is 2.61 bits per heavy atom. The number of hydrogen-bond acceptors (Lipinski definition) is 3. The Morgan fingerprint density at radius 2 is 2.00 bits per heavy atom. The number of amides is 1. The van der Waals surface area contributed by atoms with Crippen molar-refractivity contribution in [2.45, 2.75) is 70.4 Å². The van der Waals surface area contributed by atoms with Gasteiger partial charge in [0.05, 0.1) is 5.60 Å². The van der Waals surface area contributed by atoms with Crippen LogP contribution in [0.5, 0.6) is 0 Å². The molecule has 1 aliphatic rings. The number of benzene rings is 1. The SMILES string of the molecule is CC(=O)N(CC[C@](C)(Cc1ccccc1)c1cccs1)[C@H]1CCOC(C)(C)C1. The number of carbonyl (C=O) groups excluding carboxylic acids is 1. The Labute approximate surface area is 173 Å². The lowest BCUT2D eigenvalue weighted by molar-refractivity contribution is -0.138. The number of hydrogen-bond donors (Lipinski definition) is 0. The lowest BCUT2D eigenvalue weighted by Gasteiger charge is -2.42. The van der Waals surface area contributed by atoms with Crippen LogP contribution in [0.2, 0.25) is 0 Å². The maximum Gasteiger partial charge on any atom is 0.219 e. The van der Waals surface area contributed by atoms with E-state index in [0.29, 0.717) is 0 Å². The van der Waals surface area contributed by atoms with Crippen molar-refractivity contribution in [3.8, 4) is 0 Å². The molecule has 1 aromatic carbocycles. The van der Waals surface area contributed by atoms with E-state index in [1.807, 2.05) is 11.3 Å². The van der Waals surface area contributed by atoms with Gasteiger partial charge < -0.3 is 9.64 Å². The number of ether oxygens (including phenoxy) is 1. The fourth-order valence-electron chi connectivity index (χ4n) is 4.40. The number of rotatable bonds is 7. The number of nitrogens with zero attached hydrogens (tertiary/aromatic N) is 1. The van der Waals surface area contributed by atoms with Gasteiger partial charge in [-0.2, -0.15) is 0 Å². The van der Waals surface area contributed by atoms with Gasteiger partial charge in [-0.1, -0.05) is 43.3 Å². The van der Waals surface area contributed by atoms with Gasteiger partial charge in [0.15, 0.2) is 0 Å². The van der Waals surface area contributed by atoms with Gasteiger partial charge >= 0.3 is 0 Å². The average molecular weight is 400 g/mol. The van der Waals surface area contributed by atoms with E-state index in [1.165, 1.54) is 10.4 Å². The summed E-state index contributed by atoms with van der Waals surface area (Å²) in [5.41, 5.74) is 1.21. The molecule has 0 unspecified atom stereocenters. The highest BCUT2D eigenvalue weighted by atomic mass is 32.1. The van der Waals surface area contributed by atoms with Crippen molar-refractivity contribution in [2.75, 3.05) is 13.2 Å². The molecule has 1 saturated heterocycles. The summed E-state index contributed by atoms with van der Waals surface area (Å²) in [7, 11) is 0. The molecular weight excluding hydrogens is 366 g/mol. The minimum atomic E-state index is -0.155. The van der Waals surface area contributed by atoms with Gasteiger partial charge in [-0.15, -0.1) is 11.3 Å². The topological polar surface area (TPSA) is 29.5 Å². The summed E-state index contributed by atoms with van der Waals surface area (Å²) in [5.74, 6) is 0.177. The van der Waals surface area contributed by atoms with Crippen molar-refractivity contribution in [1.29, 1.82) is 0 Å². The highest BCUT2D eigenvalue weighted by Gasteiger charge is 2.35. The molecule has 0 saturated carbocycles. The second-order valence-corrected chi connectivity index (χ2v) is 9.87. The molecule has 0 bridgehead atoms. The second-order valence-electron chi connectivity index (χ2n) is 8.92. The van der Waals surface area contributed by atoms with Crippen LogP contribution in [0.1, 0.15) is 57.4 Å². The van der Waals surface area contributed by atoms with Gasteiger partial charge in [0.2, 0.25) is 5.91 Å². The number of thiophene rings is 1. The van der Waals surface area contributed by atoms with E-state index in [-0.39, 0.29) is 23.0 Å².